The molecule has 2 fully saturated rings. The van der Waals surface area contributed by atoms with Gasteiger partial charge in [0.2, 0.25) is 11.8 Å². The van der Waals surface area contributed by atoms with Crippen molar-refractivity contribution < 1.29 is 38.1 Å². The van der Waals surface area contributed by atoms with E-state index in [1.165, 1.54) is 24.1 Å². The Morgan fingerprint density at radius 2 is 1.77 bits per heavy atom. The highest BCUT2D eigenvalue weighted by Gasteiger charge is 2.47. The van der Waals surface area contributed by atoms with Crippen LogP contribution in [0.1, 0.15) is 37.5 Å². The predicted octanol–water partition coefficient (Wildman–Crippen LogP) is 2.08. The van der Waals surface area contributed by atoms with E-state index in [0.29, 0.717) is 44.0 Å². The van der Waals surface area contributed by atoms with Gasteiger partial charge in [-0.05, 0) is 62.1 Å². The topological polar surface area (TPSA) is 132 Å². The Balaban J connectivity index is 1.42. The average molecular weight is 654 g/mol. The first-order valence-corrected chi connectivity index (χ1v) is 16.0. The quantitative estimate of drug-likeness (QED) is 0.391. The molecule has 0 aliphatic carbocycles. The number of carboxylic acid groups (broad SMARTS) is 1. The lowest BCUT2D eigenvalue weighted by atomic mass is 9.83. The van der Waals surface area contributed by atoms with Gasteiger partial charge >= 0.3 is 12.1 Å². The van der Waals surface area contributed by atoms with E-state index in [1.807, 2.05) is 25.1 Å². The van der Waals surface area contributed by atoms with Crippen LogP contribution in [0.5, 0.6) is 0 Å². The highest BCUT2D eigenvalue weighted by molar-refractivity contribution is 6.03. The first kappa shape index (κ1) is 34.3. The number of methoxy groups -OCH3 is 1. The summed E-state index contributed by atoms with van der Waals surface area (Å²) in [6, 6.07) is 11.5. The molecule has 47 heavy (non-hydrogen) atoms. The van der Waals surface area contributed by atoms with Gasteiger partial charge < -0.3 is 29.7 Å². The van der Waals surface area contributed by atoms with Gasteiger partial charge in [0.25, 0.3) is 0 Å². The number of carbonyl (C=O) groups excluding carboxylic acids is 3. The van der Waals surface area contributed by atoms with Crippen molar-refractivity contribution in [2.24, 2.45) is 0 Å². The third-order valence-corrected chi connectivity index (χ3v) is 9.66. The van der Waals surface area contributed by atoms with E-state index in [9.17, 15) is 28.7 Å². The molecule has 0 radical (unpaired) electrons. The zero-order valence-electron chi connectivity index (χ0n) is 27.4. The van der Waals surface area contributed by atoms with Crippen molar-refractivity contribution in [3.8, 4) is 0 Å². The van der Waals surface area contributed by atoms with Crippen LogP contribution >= 0.6 is 0 Å². The molecule has 2 aromatic carbocycles. The second-order valence-electron chi connectivity index (χ2n) is 13.0. The summed E-state index contributed by atoms with van der Waals surface area (Å²) >= 11 is 0. The Kier molecular flexibility index (Phi) is 10.5. The Hall–Kier alpha value is -4.07. The number of hydrogen-bond acceptors (Lipinski definition) is 8. The highest BCUT2D eigenvalue weighted by atomic mass is 19.1. The lowest BCUT2D eigenvalue weighted by molar-refractivity contribution is -0.141. The number of amides is 3. The monoisotopic (exact) mass is 653 g/mol. The number of nitrogens with one attached hydrogen (secondary N) is 1. The van der Waals surface area contributed by atoms with Gasteiger partial charge in [-0.25, -0.2) is 9.18 Å². The molecule has 3 heterocycles. The minimum absolute atomic E-state index is 0.0304. The standard InChI is InChI=1S/C34H44FN5O7/c1-22-16-38(27(18-39(22)33(44)45)17-37-11-12-47-20-23(37)2)19-30(41)40-21-34(3,32(43)36-15-31(42)46-4)28-10-7-25(14-29(28)40)13-24-5-8-26(35)9-6-24/h5-10,14,22-23,27H,11-13,15-21H2,1-4H3,(H,36,43)(H,44,45)/t22-,23?,27+,34?/m1/s1. The van der Waals surface area contributed by atoms with E-state index in [4.69, 9.17) is 9.47 Å². The number of esters is 1. The summed E-state index contributed by atoms with van der Waals surface area (Å²) in [5.74, 6) is -1.54. The minimum atomic E-state index is -1.15. The van der Waals surface area contributed by atoms with Gasteiger partial charge in [0.1, 0.15) is 12.4 Å². The number of anilines is 1. The number of ether oxygens (including phenoxy) is 2. The van der Waals surface area contributed by atoms with Crippen molar-refractivity contribution in [1.29, 1.82) is 0 Å². The van der Waals surface area contributed by atoms with Gasteiger partial charge in [-0.2, -0.15) is 0 Å². The number of nitrogens with zero attached hydrogens (tertiary/aromatic N) is 4. The molecule has 3 aliphatic heterocycles. The first-order valence-electron chi connectivity index (χ1n) is 16.0. The fraction of sp³-hybridized carbons (Fsp3) is 0.529. The van der Waals surface area contributed by atoms with Gasteiger partial charge in [-0.1, -0.05) is 24.3 Å². The highest BCUT2D eigenvalue weighted by Crippen LogP contribution is 2.42. The number of fused-ring (bicyclic) bond motifs is 1. The van der Waals surface area contributed by atoms with Crippen LogP contribution in [0.2, 0.25) is 0 Å². The molecule has 5 rings (SSSR count). The Morgan fingerprint density at radius 3 is 2.45 bits per heavy atom. The normalized spacial score (nSPS) is 24.9. The molecule has 3 aliphatic rings. The third kappa shape index (κ3) is 7.58. The Bertz CT molecular complexity index is 1490. The van der Waals surface area contributed by atoms with E-state index in [2.05, 4.69) is 22.0 Å². The number of carbonyl (C=O) groups is 4. The molecule has 12 nitrogen and oxygen atoms in total. The predicted molar refractivity (Wildman–Crippen MR) is 172 cm³/mol. The third-order valence-electron chi connectivity index (χ3n) is 9.66. The van der Waals surface area contributed by atoms with Gasteiger partial charge in [0, 0.05) is 56.5 Å². The molecule has 2 unspecified atom stereocenters. The van der Waals surface area contributed by atoms with Gasteiger partial charge in [0.05, 0.1) is 32.3 Å². The van der Waals surface area contributed by atoms with E-state index in [-0.39, 0.29) is 56.0 Å². The zero-order chi connectivity index (χ0) is 33.9. The van der Waals surface area contributed by atoms with Crippen LogP contribution in [0, 0.1) is 5.82 Å². The summed E-state index contributed by atoms with van der Waals surface area (Å²) in [7, 11) is 1.24. The lowest BCUT2D eigenvalue weighted by Gasteiger charge is -2.47. The molecule has 0 spiro atoms. The second-order valence-corrected chi connectivity index (χ2v) is 13.0. The van der Waals surface area contributed by atoms with Crippen molar-refractivity contribution in [3.63, 3.8) is 0 Å². The zero-order valence-corrected chi connectivity index (χ0v) is 27.4. The van der Waals surface area contributed by atoms with Gasteiger partial charge in [0.15, 0.2) is 0 Å². The van der Waals surface area contributed by atoms with Crippen LogP contribution in [-0.4, -0.2) is 128 Å². The maximum atomic E-state index is 14.3. The number of halogens is 1. The molecule has 4 atom stereocenters. The first-order chi connectivity index (χ1) is 22.4. The molecule has 2 N–H and O–H groups in total. The Labute approximate surface area is 274 Å². The molecular formula is C34H44FN5O7. The van der Waals surface area contributed by atoms with Crippen molar-refractivity contribution in [2.45, 2.75) is 50.7 Å². The summed E-state index contributed by atoms with van der Waals surface area (Å²) in [6.07, 6.45) is -0.491. The number of piperazine rings is 1. The maximum absolute atomic E-state index is 14.3. The van der Waals surface area contributed by atoms with Crippen LogP contribution in [0.25, 0.3) is 0 Å². The van der Waals surface area contributed by atoms with Crippen LogP contribution in [0.15, 0.2) is 42.5 Å². The van der Waals surface area contributed by atoms with E-state index >= 15 is 0 Å². The molecule has 0 saturated carbocycles. The molecule has 2 aromatic rings. The maximum Gasteiger partial charge on any atom is 0.407 e. The fourth-order valence-corrected chi connectivity index (χ4v) is 6.84. The van der Waals surface area contributed by atoms with Gasteiger partial charge in [-0.15, -0.1) is 0 Å². The van der Waals surface area contributed by atoms with Crippen molar-refractivity contribution >= 4 is 29.6 Å². The molecule has 0 bridgehead atoms. The number of rotatable bonds is 9. The number of benzene rings is 2. The average Bonchev–Trinajstić information content (AvgIpc) is 3.35. The summed E-state index contributed by atoms with van der Waals surface area (Å²) in [4.78, 5) is 59.2. The molecule has 0 aromatic heterocycles. The van der Waals surface area contributed by atoms with Gasteiger partial charge in [-0.3, -0.25) is 24.2 Å². The second kappa shape index (κ2) is 14.4. The molecule has 3 amide bonds. The van der Waals surface area contributed by atoms with E-state index in [0.717, 1.165) is 17.7 Å². The van der Waals surface area contributed by atoms with Crippen LogP contribution < -0.4 is 10.2 Å². The van der Waals surface area contributed by atoms with Crippen LogP contribution in [0.4, 0.5) is 14.9 Å². The van der Waals surface area contributed by atoms with E-state index in [1.54, 1.807) is 24.0 Å². The smallest absolute Gasteiger partial charge is 0.407 e. The summed E-state index contributed by atoms with van der Waals surface area (Å²) < 4.78 is 23.8. The van der Waals surface area contributed by atoms with E-state index < -0.39 is 23.4 Å². The molecular weight excluding hydrogens is 609 g/mol. The SMILES string of the molecule is COC(=O)CNC(=O)C1(C)CN(C(=O)CN2C[C@@H](C)N(C(=O)O)C[C@@H]2CN2CCOCC2C)c2cc(Cc3ccc(F)cc3)ccc21. The van der Waals surface area contributed by atoms with Crippen molar-refractivity contribution in [3.05, 3.63) is 65.0 Å². The van der Waals surface area contributed by atoms with Crippen LogP contribution in [0.3, 0.4) is 0 Å². The van der Waals surface area contributed by atoms with Crippen molar-refractivity contribution in [2.75, 3.05) is 71.0 Å². The number of morpholine rings is 1. The molecule has 254 valence electrons. The van der Waals surface area contributed by atoms with Crippen molar-refractivity contribution in [1.82, 2.24) is 20.0 Å². The largest absolute Gasteiger partial charge is 0.468 e. The lowest BCUT2D eigenvalue weighted by Crippen LogP contribution is -2.64. The Morgan fingerprint density at radius 1 is 1.04 bits per heavy atom. The molecule has 2 saturated heterocycles. The fourth-order valence-electron chi connectivity index (χ4n) is 6.84. The molecule has 13 heteroatoms. The van der Waals surface area contributed by atoms with Crippen LogP contribution in [-0.2, 0) is 35.7 Å². The summed E-state index contributed by atoms with van der Waals surface area (Å²) in [5.41, 5.74) is 1.88. The number of hydrogen-bond donors (Lipinski definition) is 2. The minimum Gasteiger partial charge on any atom is -0.468 e. The summed E-state index contributed by atoms with van der Waals surface area (Å²) in [5, 5.41) is 12.6. The summed E-state index contributed by atoms with van der Waals surface area (Å²) in [6.45, 7) is 8.59.